The van der Waals surface area contributed by atoms with Crippen molar-refractivity contribution in [1.29, 1.82) is 0 Å². The van der Waals surface area contributed by atoms with Gasteiger partial charge in [0.2, 0.25) is 0 Å². The van der Waals surface area contributed by atoms with Crippen LogP contribution in [0.3, 0.4) is 0 Å². The Morgan fingerprint density at radius 3 is 3.06 bits per heavy atom. The molecule has 2 heterocycles. The highest BCUT2D eigenvalue weighted by Crippen LogP contribution is 2.15. The predicted molar refractivity (Wildman–Crippen MR) is 62.5 cm³/mol. The highest BCUT2D eigenvalue weighted by Gasteiger charge is 2.24. The van der Waals surface area contributed by atoms with Gasteiger partial charge in [-0.1, -0.05) is 6.92 Å². The summed E-state index contributed by atoms with van der Waals surface area (Å²) in [7, 11) is 0. The van der Waals surface area contributed by atoms with Crippen molar-refractivity contribution in [2.75, 3.05) is 13.2 Å². The van der Waals surface area contributed by atoms with Crippen molar-refractivity contribution in [2.45, 2.75) is 25.9 Å². The van der Waals surface area contributed by atoms with E-state index >= 15 is 0 Å². The van der Waals surface area contributed by atoms with E-state index in [0.717, 1.165) is 6.42 Å². The molecule has 0 saturated carbocycles. The Labute approximate surface area is 100 Å². The number of hydrogen-bond acceptors (Lipinski definition) is 4. The minimum atomic E-state index is -0.177. The molecule has 17 heavy (non-hydrogen) atoms. The van der Waals surface area contributed by atoms with Crippen molar-refractivity contribution >= 4 is 5.91 Å². The third-order valence-electron chi connectivity index (χ3n) is 3.04. The molecule has 0 bridgehead atoms. The lowest BCUT2D eigenvalue weighted by Gasteiger charge is -2.29. The van der Waals surface area contributed by atoms with Gasteiger partial charge in [-0.25, -0.2) is 0 Å². The Balaban J connectivity index is 1.96. The van der Waals surface area contributed by atoms with Crippen molar-refractivity contribution in [3.8, 4) is 0 Å². The van der Waals surface area contributed by atoms with Crippen LogP contribution in [-0.4, -0.2) is 25.2 Å². The van der Waals surface area contributed by atoms with Crippen molar-refractivity contribution < 1.29 is 13.9 Å². The molecule has 2 atom stereocenters. The number of hydrogen-bond donors (Lipinski definition) is 2. The maximum absolute atomic E-state index is 11.9. The second kappa shape index (κ2) is 5.33. The molecule has 0 radical (unpaired) electrons. The first kappa shape index (κ1) is 12.1. The van der Waals surface area contributed by atoms with Gasteiger partial charge in [-0.05, 0) is 24.5 Å². The van der Waals surface area contributed by atoms with Gasteiger partial charge in [0.1, 0.15) is 5.76 Å². The summed E-state index contributed by atoms with van der Waals surface area (Å²) in [5, 5.41) is 2.97. The van der Waals surface area contributed by atoms with Crippen LogP contribution in [-0.2, 0) is 11.3 Å². The molecule has 1 aromatic rings. The van der Waals surface area contributed by atoms with Gasteiger partial charge >= 0.3 is 0 Å². The second-order valence-electron chi connectivity index (χ2n) is 4.39. The molecule has 2 unspecified atom stereocenters. The SMILES string of the molecule is CC1COCCC1NC(=O)c1ccc(CN)o1. The van der Waals surface area contributed by atoms with Crippen LogP contribution in [0.1, 0.15) is 29.7 Å². The molecular formula is C12H18N2O3. The summed E-state index contributed by atoms with van der Waals surface area (Å²) in [5.74, 6) is 1.10. The summed E-state index contributed by atoms with van der Waals surface area (Å²) in [5.41, 5.74) is 5.43. The third-order valence-corrected chi connectivity index (χ3v) is 3.04. The summed E-state index contributed by atoms with van der Waals surface area (Å²) in [6.07, 6.45) is 0.845. The Bertz CT molecular complexity index is 389. The van der Waals surface area contributed by atoms with Crippen LogP contribution in [0.2, 0.25) is 0 Å². The molecule has 1 amide bonds. The van der Waals surface area contributed by atoms with E-state index < -0.39 is 0 Å². The lowest BCUT2D eigenvalue weighted by atomic mass is 9.98. The molecule has 2 rings (SSSR count). The maximum Gasteiger partial charge on any atom is 0.287 e. The molecule has 1 fully saturated rings. The number of nitrogens with one attached hydrogen (secondary N) is 1. The molecule has 94 valence electrons. The average molecular weight is 238 g/mol. The summed E-state index contributed by atoms with van der Waals surface area (Å²) >= 11 is 0. The molecule has 1 aliphatic heterocycles. The van der Waals surface area contributed by atoms with E-state index in [-0.39, 0.29) is 11.9 Å². The largest absolute Gasteiger partial charge is 0.455 e. The fraction of sp³-hybridized carbons (Fsp3) is 0.583. The van der Waals surface area contributed by atoms with Crippen molar-refractivity contribution in [1.82, 2.24) is 5.32 Å². The van der Waals surface area contributed by atoms with E-state index in [1.807, 2.05) is 0 Å². The molecule has 3 N–H and O–H groups in total. The summed E-state index contributed by atoms with van der Waals surface area (Å²) < 4.78 is 10.6. The van der Waals surface area contributed by atoms with Gasteiger partial charge < -0.3 is 20.2 Å². The van der Waals surface area contributed by atoms with Gasteiger partial charge in [-0.3, -0.25) is 4.79 Å². The molecule has 1 aromatic heterocycles. The smallest absolute Gasteiger partial charge is 0.287 e. The Morgan fingerprint density at radius 1 is 1.59 bits per heavy atom. The van der Waals surface area contributed by atoms with Crippen LogP contribution in [0.4, 0.5) is 0 Å². The van der Waals surface area contributed by atoms with E-state index in [2.05, 4.69) is 12.2 Å². The van der Waals surface area contributed by atoms with Gasteiger partial charge in [0, 0.05) is 12.6 Å². The maximum atomic E-state index is 11.9. The second-order valence-corrected chi connectivity index (χ2v) is 4.39. The van der Waals surface area contributed by atoms with E-state index in [0.29, 0.717) is 37.2 Å². The van der Waals surface area contributed by atoms with Gasteiger partial charge in [-0.15, -0.1) is 0 Å². The third kappa shape index (κ3) is 2.87. The molecule has 5 heteroatoms. The zero-order chi connectivity index (χ0) is 12.3. The van der Waals surface area contributed by atoms with Crippen molar-refractivity contribution in [3.63, 3.8) is 0 Å². The predicted octanol–water partition coefficient (Wildman–Crippen LogP) is 0.893. The zero-order valence-corrected chi connectivity index (χ0v) is 9.94. The molecule has 0 aromatic carbocycles. The Morgan fingerprint density at radius 2 is 2.41 bits per heavy atom. The Kier molecular flexibility index (Phi) is 3.81. The minimum Gasteiger partial charge on any atom is -0.455 e. The standard InChI is InChI=1S/C12H18N2O3/c1-8-7-16-5-4-10(8)14-12(15)11-3-2-9(6-13)17-11/h2-3,8,10H,4-7,13H2,1H3,(H,14,15). The number of amides is 1. The zero-order valence-electron chi connectivity index (χ0n) is 9.94. The van der Waals surface area contributed by atoms with Crippen LogP contribution in [0, 0.1) is 5.92 Å². The van der Waals surface area contributed by atoms with Gasteiger partial charge in [-0.2, -0.15) is 0 Å². The van der Waals surface area contributed by atoms with Crippen LogP contribution >= 0.6 is 0 Å². The molecule has 0 aliphatic carbocycles. The van der Waals surface area contributed by atoms with Gasteiger partial charge in [0.05, 0.1) is 13.2 Å². The van der Waals surface area contributed by atoms with Crippen LogP contribution < -0.4 is 11.1 Å². The first-order valence-electron chi connectivity index (χ1n) is 5.88. The molecule has 1 aliphatic rings. The van der Waals surface area contributed by atoms with E-state index in [1.54, 1.807) is 12.1 Å². The summed E-state index contributed by atoms with van der Waals surface area (Å²) in [6, 6.07) is 3.53. The summed E-state index contributed by atoms with van der Waals surface area (Å²) in [6.45, 7) is 3.76. The van der Waals surface area contributed by atoms with Crippen LogP contribution in [0.25, 0.3) is 0 Å². The molecular weight excluding hydrogens is 220 g/mol. The fourth-order valence-corrected chi connectivity index (χ4v) is 1.94. The van der Waals surface area contributed by atoms with E-state index in [1.165, 1.54) is 0 Å². The number of nitrogens with two attached hydrogens (primary N) is 1. The molecule has 0 spiro atoms. The van der Waals surface area contributed by atoms with Gasteiger partial charge in [0.25, 0.3) is 5.91 Å². The van der Waals surface area contributed by atoms with Crippen molar-refractivity contribution in [3.05, 3.63) is 23.7 Å². The number of ether oxygens (including phenoxy) is 1. The van der Waals surface area contributed by atoms with Gasteiger partial charge in [0.15, 0.2) is 5.76 Å². The lowest BCUT2D eigenvalue weighted by molar-refractivity contribution is 0.0369. The monoisotopic (exact) mass is 238 g/mol. The molecule has 1 saturated heterocycles. The average Bonchev–Trinajstić information content (AvgIpc) is 2.81. The Hall–Kier alpha value is -1.33. The summed E-state index contributed by atoms with van der Waals surface area (Å²) in [4.78, 5) is 11.9. The first-order valence-corrected chi connectivity index (χ1v) is 5.88. The topological polar surface area (TPSA) is 77.5 Å². The highest BCUT2D eigenvalue weighted by atomic mass is 16.5. The molecule has 5 nitrogen and oxygen atoms in total. The lowest BCUT2D eigenvalue weighted by Crippen LogP contribution is -2.44. The first-order chi connectivity index (χ1) is 8.20. The quantitative estimate of drug-likeness (QED) is 0.820. The van der Waals surface area contributed by atoms with Crippen LogP contribution in [0.5, 0.6) is 0 Å². The highest BCUT2D eigenvalue weighted by molar-refractivity contribution is 5.91. The fourth-order valence-electron chi connectivity index (χ4n) is 1.94. The normalized spacial score (nSPS) is 24.6. The number of rotatable bonds is 3. The minimum absolute atomic E-state index is 0.155. The van der Waals surface area contributed by atoms with E-state index in [9.17, 15) is 4.79 Å². The van der Waals surface area contributed by atoms with E-state index in [4.69, 9.17) is 14.9 Å². The number of carbonyl (C=O) groups excluding carboxylic acids is 1. The number of furan rings is 1. The van der Waals surface area contributed by atoms with Crippen LogP contribution in [0.15, 0.2) is 16.5 Å². The number of carbonyl (C=O) groups is 1. The van der Waals surface area contributed by atoms with Crippen molar-refractivity contribution in [2.24, 2.45) is 11.7 Å².